The largest absolute Gasteiger partial charge is 0.356 e. The van der Waals surface area contributed by atoms with Crippen LogP contribution in [0.3, 0.4) is 0 Å². The Morgan fingerprint density at radius 3 is 1.14 bits per heavy atom. The topological polar surface area (TPSA) is 348 Å². The first kappa shape index (κ1) is 68.6. The quantitative estimate of drug-likeness (QED) is 0.0805. The number of aromatic nitrogens is 5. The second kappa shape index (κ2) is 29.3. The SMILES string of the molecule is C.[3H]c1c(C(=O)N2CCC3(C2)NC(=C)NC3=O)ccc2scnc12.[3H]c1cc(C(=O)N2CCC3(CC(=C)NC3=O)C2)cc2ncsc12.[3H]c1cc2scnc2cc1C(=O)N1CCC2(CC(=C)NC2=O)C1.[3H]c1nc2cc(C(=O)N3CCC4(C3)NC(=C)NC4=O)ccc2s1.[3H]c1nc2cc(C(=O)N3CCC4(C3)NC(=C)NC4=O)ccc2s1. The van der Waals surface area contributed by atoms with E-state index in [0.29, 0.717) is 177 Å². The molecule has 10 saturated heterocycles. The molecule has 0 radical (unpaired) electrons. The van der Waals surface area contributed by atoms with Crippen LogP contribution in [0.25, 0.3) is 51.1 Å². The van der Waals surface area contributed by atoms with Crippen molar-refractivity contribution in [1.82, 2.24) is 92.0 Å². The molecule has 8 N–H and O–H groups in total. The average molecular weight is 1600 g/mol. The first-order chi connectivity index (χ1) is 54.9. The lowest BCUT2D eigenvalue weighted by Gasteiger charge is -2.21. The molecule has 10 aliphatic heterocycles. The molecule has 10 aliphatic rings. The summed E-state index contributed by atoms with van der Waals surface area (Å²) in [7, 11) is 0. The van der Waals surface area contributed by atoms with E-state index in [1.807, 2.05) is 18.2 Å². The Hall–Kier alpha value is -11.7. The molecule has 0 aliphatic carbocycles. The van der Waals surface area contributed by atoms with E-state index in [1.165, 1.54) is 56.7 Å². The van der Waals surface area contributed by atoms with E-state index in [9.17, 15) is 47.9 Å². The van der Waals surface area contributed by atoms with Crippen molar-refractivity contribution in [2.45, 2.75) is 69.0 Å². The van der Waals surface area contributed by atoms with Gasteiger partial charge in [0.2, 0.25) is 11.8 Å². The molecule has 5 aromatic carbocycles. The molecule has 33 heteroatoms. The van der Waals surface area contributed by atoms with Gasteiger partial charge in [0.25, 0.3) is 47.3 Å². The Balaban J connectivity index is 0.000000114. The number of allylic oxidation sites excluding steroid dienone is 2. The molecule has 15 heterocycles. The number of hydrogen-bond donors (Lipinski definition) is 8. The number of likely N-dealkylation sites (tertiary alicyclic amines) is 5. The number of rotatable bonds is 5. The van der Waals surface area contributed by atoms with Crippen LogP contribution in [0.4, 0.5) is 0 Å². The van der Waals surface area contributed by atoms with Crippen LogP contribution in [0.1, 0.15) is 111 Å². The summed E-state index contributed by atoms with van der Waals surface area (Å²) < 4.78 is 43.8. The van der Waals surface area contributed by atoms with Gasteiger partial charge in [0.05, 0.1) is 133 Å². The molecule has 0 bridgehead atoms. The van der Waals surface area contributed by atoms with E-state index in [0.717, 1.165) is 40.4 Å². The van der Waals surface area contributed by atoms with Gasteiger partial charge in [0.1, 0.15) is 16.6 Å². The summed E-state index contributed by atoms with van der Waals surface area (Å²) in [5, 5.41) is 22.7. The van der Waals surface area contributed by atoms with Gasteiger partial charge in [-0.2, -0.15) is 0 Å². The highest BCUT2D eigenvalue weighted by Crippen LogP contribution is 2.43. The molecule has 568 valence electrons. The summed E-state index contributed by atoms with van der Waals surface area (Å²) >= 11 is 6.85. The summed E-state index contributed by atoms with van der Waals surface area (Å²) in [6.07, 6.45) is 4.08. The van der Waals surface area contributed by atoms with Gasteiger partial charge in [-0.1, -0.05) is 40.3 Å². The fourth-order valence-corrected chi connectivity index (χ4v) is 18.7. The summed E-state index contributed by atoms with van der Waals surface area (Å²) in [5.74, 6) is 0.0916. The third kappa shape index (κ3) is 14.2. The normalized spacial score (nSPS) is 24.6. The van der Waals surface area contributed by atoms with Crippen molar-refractivity contribution in [3.05, 3.63) is 208 Å². The highest BCUT2D eigenvalue weighted by molar-refractivity contribution is 7.18. The van der Waals surface area contributed by atoms with Crippen LogP contribution in [0.5, 0.6) is 0 Å². The van der Waals surface area contributed by atoms with Gasteiger partial charge in [0.15, 0.2) is 0 Å². The zero-order valence-corrected chi connectivity index (χ0v) is 62.9. The smallest absolute Gasteiger partial charge is 0.254 e. The van der Waals surface area contributed by atoms with Gasteiger partial charge in [-0.05, 0) is 123 Å². The molecule has 0 saturated carbocycles. The van der Waals surface area contributed by atoms with Crippen LogP contribution >= 0.6 is 56.7 Å². The van der Waals surface area contributed by atoms with Crippen molar-refractivity contribution in [3.8, 4) is 0 Å². The van der Waals surface area contributed by atoms with E-state index >= 15 is 0 Å². The molecule has 10 aromatic rings. The maximum atomic E-state index is 12.8. The number of nitrogens with zero attached hydrogens (tertiary/aromatic N) is 10. The van der Waals surface area contributed by atoms with Gasteiger partial charge >= 0.3 is 0 Å². The Bertz CT molecular complexity index is 5760. The molecular formula is C78H76N18O10S5. The fraction of sp³-hybridized carbons (Fsp3) is 0.295. The van der Waals surface area contributed by atoms with Crippen molar-refractivity contribution in [2.24, 2.45) is 10.8 Å². The lowest BCUT2D eigenvalue weighted by molar-refractivity contribution is -0.127. The van der Waals surface area contributed by atoms with Crippen molar-refractivity contribution in [3.63, 3.8) is 0 Å². The highest BCUT2D eigenvalue weighted by Gasteiger charge is 2.54. The summed E-state index contributed by atoms with van der Waals surface area (Å²) in [6, 6.07) is 21.3. The van der Waals surface area contributed by atoms with Crippen LogP contribution in [0, 0.1) is 10.8 Å². The van der Waals surface area contributed by atoms with Gasteiger partial charge in [-0.3, -0.25) is 47.9 Å². The molecule has 111 heavy (non-hydrogen) atoms. The van der Waals surface area contributed by atoms with Crippen molar-refractivity contribution in [2.75, 3.05) is 65.4 Å². The molecule has 5 atom stereocenters. The zero-order valence-electron chi connectivity index (χ0n) is 63.8. The summed E-state index contributed by atoms with van der Waals surface area (Å²) in [6.45, 7) is 23.0. The minimum atomic E-state index is -0.792. The molecule has 5 unspecified atom stereocenters. The first-order valence-corrected chi connectivity index (χ1v) is 39.2. The Morgan fingerprint density at radius 2 is 0.712 bits per heavy atom. The monoisotopic (exact) mass is 1590 g/mol. The Morgan fingerprint density at radius 1 is 0.369 bits per heavy atom. The Labute approximate surface area is 662 Å². The maximum absolute atomic E-state index is 12.8. The number of fused-ring (bicyclic) bond motifs is 5. The summed E-state index contributed by atoms with van der Waals surface area (Å²) in [4.78, 5) is 153. The molecule has 10 amide bonds. The third-order valence-electron chi connectivity index (χ3n) is 21.4. The molecule has 28 nitrogen and oxygen atoms in total. The van der Waals surface area contributed by atoms with Gasteiger partial charge in [-0.15, -0.1) is 56.7 Å². The van der Waals surface area contributed by atoms with Crippen LogP contribution < -0.4 is 42.5 Å². The molecule has 10 fully saturated rings. The zero-order chi connectivity index (χ0) is 80.9. The number of hydrogen-bond acceptors (Lipinski definition) is 23. The lowest BCUT2D eigenvalue weighted by Crippen LogP contribution is -2.49. The number of nitrogens with one attached hydrogen (secondary N) is 8. The molecular weight excluding hydrogens is 1510 g/mol. The number of benzene rings is 5. The molecule has 5 spiro atoms. The van der Waals surface area contributed by atoms with E-state index in [4.69, 9.17) is 6.85 Å². The number of carbonyl (C=O) groups excluding carboxylic acids is 10. The fourth-order valence-electron chi connectivity index (χ4n) is 15.7. The van der Waals surface area contributed by atoms with E-state index in [1.54, 1.807) is 95.6 Å². The predicted molar refractivity (Wildman–Crippen MR) is 426 cm³/mol. The van der Waals surface area contributed by atoms with E-state index < -0.39 is 27.4 Å². The molecule has 20 rings (SSSR count). The maximum Gasteiger partial charge on any atom is 0.254 e. The van der Waals surface area contributed by atoms with Gasteiger partial charge in [0, 0.05) is 97.9 Å². The molecule has 5 aromatic heterocycles. The van der Waals surface area contributed by atoms with Crippen LogP contribution in [0.15, 0.2) is 180 Å². The Kier molecular flexibility index (Phi) is 18.1. The van der Waals surface area contributed by atoms with Crippen molar-refractivity contribution >= 4 is 167 Å². The number of carbonyl (C=O) groups is 10. The minimum absolute atomic E-state index is 0. The third-order valence-corrected chi connectivity index (χ3v) is 25.2. The summed E-state index contributed by atoms with van der Waals surface area (Å²) in [5.41, 5.74) is 9.01. The minimum Gasteiger partial charge on any atom is -0.356 e. The first-order valence-electron chi connectivity index (χ1n) is 37.5. The predicted octanol–water partition coefficient (Wildman–Crippen LogP) is 8.18. The van der Waals surface area contributed by atoms with Crippen LogP contribution in [-0.4, -0.2) is 191 Å². The van der Waals surface area contributed by atoms with E-state index in [2.05, 4.69) is 100 Å². The second-order valence-electron chi connectivity index (χ2n) is 28.6. The van der Waals surface area contributed by atoms with Crippen molar-refractivity contribution in [1.29, 1.82) is 0 Å². The highest BCUT2D eigenvalue weighted by atomic mass is 32.1. The standard InChI is InChI=1S/2C16H15N3O2S.3C15H14N4O2S.CH4/c2*1-10-7-16(15(21)18-10)4-5-19(8-16)14(20)11-2-3-13-12(6-11)17-9-22-13;3*1-9-17-14(21)15(18-9)4-5-19(7-15)13(20)10-2-3-12-11(6-10)16-8-22-12;/h2*2-3,6,9H,1,4-5,7-8H2,(H,18,21);3*2-3,6,8,18H,1,4-5,7H2,(H,17,21);1H4/i3T;2T;2*8T;6T;. The van der Waals surface area contributed by atoms with Crippen LogP contribution in [0.2, 0.25) is 0 Å². The second-order valence-corrected chi connectivity index (χ2v) is 32.9. The van der Waals surface area contributed by atoms with E-state index in [-0.39, 0.29) is 96.1 Å². The number of amides is 10. The van der Waals surface area contributed by atoms with Crippen molar-refractivity contribution < 1.29 is 54.8 Å². The number of thiazole rings is 5. The van der Waals surface area contributed by atoms with Crippen LogP contribution in [-0.2, 0) is 24.0 Å². The van der Waals surface area contributed by atoms with Gasteiger partial charge < -0.3 is 67.0 Å². The average Bonchev–Trinajstić information content (AvgIpc) is 1.69. The van der Waals surface area contributed by atoms with Gasteiger partial charge in [-0.25, -0.2) is 24.9 Å². The lowest BCUT2D eigenvalue weighted by atomic mass is 9.85.